The minimum absolute atomic E-state index is 0.252. The molecule has 0 bridgehead atoms. The molecule has 1 fully saturated rings. The summed E-state index contributed by atoms with van der Waals surface area (Å²) in [6.45, 7) is 0. The van der Waals surface area contributed by atoms with Crippen LogP contribution in [0.4, 0.5) is 4.39 Å². The molecular formula is C15H19FO. The molecule has 1 aromatic rings. The molecule has 1 aromatic carbocycles. The molecule has 1 aliphatic rings. The Morgan fingerprint density at radius 2 is 2.00 bits per heavy atom. The van der Waals surface area contributed by atoms with E-state index in [0.29, 0.717) is 18.8 Å². The molecule has 0 spiro atoms. The van der Waals surface area contributed by atoms with E-state index in [1.165, 1.54) is 44.2 Å². The van der Waals surface area contributed by atoms with Crippen LogP contribution in [0.5, 0.6) is 0 Å². The molecule has 2 heteroatoms. The number of hydrogen-bond donors (Lipinski definition) is 0. The van der Waals surface area contributed by atoms with E-state index in [1.54, 1.807) is 6.07 Å². The Morgan fingerprint density at radius 3 is 2.71 bits per heavy atom. The largest absolute Gasteiger partial charge is 0.299 e. The van der Waals surface area contributed by atoms with E-state index in [2.05, 4.69) is 0 Å². The van der Waals surface area contributed by atoms with Gasteiger partial charge in [0, 0.05) is 12.8 Å². The van der Waals surface area contributed by atoms with Gasteiger partial charge in [-0.1, -0.05) is 44.2 Å². The van der Waals surface area contributed by atoms with E-state index in [1.807, 2.05) is 6.07 Å². The van der Waals surface area contributed by atoms with Gasteiger partial charge in [0.05, 0.1) is 0 Å². The zero-order chi connectivity index (χ0) is 12.1. The number of ketones is 1. The SMILES string of the molecule is O=C(Cc1cccc(F)c1)CC1CCCCC1. The molecule has 0 heterocycles. The Hall–Kier alpha value is -1.18. The molecule has 0 aromatic heterocycles. The second-order valence-electron chi connectivity index (χ2n) is 5.05. The second-order valence-corrected chi connectivity index (χ2v) is 5.05. The number of rotatable bonds is 4. The monoisotopic (exact) mass is 234 g/mol. The first-order valence-corrected chi connectivity index (χ1v) is 6.50. The summed E-state index contributed by atoms with van der Waals surface area (Å²) in [5.41, 5.74) is 0.797. The number of carbonyl (C=O) groups excluding carboxylic acids is 1. The molecule has 0 aliphatic heterocycles. The van der Waals surface area contributed by atoms with Gasteiger partial charge in [-0.3, -0.25) is 4.79 Å². The fourth-order valence-corrected chi connectivity index (χ4v) is 2.66. The lowest BCUT2D eigenvalue weighted by Gasteiger charge is -2.20. The third-order valence-electron chi connectivity index (χ3n) is 3.53. The maximum Gasteiger partial charge on any atom is 0.137 e. The molecule has 0 atom stereocenters. The Labute approximate surface area is 102 Å². The minimum atomic E-state index is -0.257. The molecule has 0 saturated heterocycles. The van der Waals surface area contributed by atoms with E-state index < -0.39 is 0 Å². The standard InChI is InChI=1S/C15H19FO/c16-14-8-4-7-13(9-14)11-15(17)10-12-5-2-1-3-6-12/h4,7-9,12H,1-3,5-6,10-11H2. The summed E-state index contributed by atoms with van der Waals surface area (Å²) >= 11 is 0. The summed E-state index contributed by atoms with van der Waals surface area (Å²) in [7, 11) is 0. The van der Waals surface area contributed by atoms with Gasteiger partial charge in [0.2, 0.25) is 0 Å². The minimum Gasteiger partial charge on any atom is -0.299 e. The topological polar surface area (TPSA) is 17.1 Å². The summed E-state index contributed by atoms with van der Waals surface area (Å²) in [5.74, 6) is 0.570. The van der Waals surface area contributed by atoms with Gasteiger partial charge in [0.25, 0.3) is 0 Å². The van der Waals surface area contributed by atoms with Crippen molar-refractivity contribution in [1.82, 2.24) is 0 Å². The van der Waals surface area contributed by atoms with Gasteiger partial charge in [0.1, 0.15) is 11.6 Å². The summed E-state index contributed by atoms with van der Waals surface area (Å²) in [6, 6.07) is 6.36. The van der Waals surface area contributed by atoms with Crippen LogP contribution in [0, 0.1) is 11.7 Å². The van der Waals surface area contributed by atoms with Crippen LogP contribution in [0.1, 0.15) is 44.1 Å². The highest BCUT2D eigenvalue weighted by molar-refractivity contribution is 5.81. The Bertz CT molecular complexity index is 380. The quantitative estimate of drug-likeness (QED) is 0.772. The lowest BCUT2D eigenvalue weighted by atomic mass is 9.85. The highest BCUT2D eigenvalue weighted by atomic mass is 19.1. The van der Waals surface area contributed by atoms with Gasteiger partial charge in [-0.25, -0.2) is 4.39 Å². The third-order valence-corrected chi connectivity index (χ3v) is 3.53. The molecule has 92 valence electrons. The molecule has 0 amide bonds. The van der Waals surface area contributed by atoms with E-state index >= 15 is 0 Å². The van der Waals surface area contributed by atoms with Gasteiger partial charge in [-0.2, -0.15) is 0 Å². The molecule has 1 saturated carbocycles. The fraction of sp³-hybridized carbons (Fsp3) is 0.533. The Balaban J connectivity index is 1.84. The van der Waals surface area contributed by atoms with Gasteiger partial charge < -0.3 is 0 Å². The Kier molecular flexibility index (Phi) is 4.29. The van der Waals surface area contributed by atoms with Crippen molar-refractivity contribution in [3.05, 3.63) is 35.6 Å². The smallest absolute Gasteiger partial charge is 0.137 e. The zero-order valence-electron chi connectivity index (χ0n) is 10.1. The van der Waals surface area contributed by atoms with Crippen LogP contribution >= 0.6 is 0 Å². The molecule has 0 unspecified atom stereocenters. The highest BCUT2D eigenvalue weighted by Crippen LogP contribution is 2.26. The Morgan fingerprint density at radius 1 is 1.24 bits per heavy atom. The van der Waals surface area contributed by atoms with Crippen molar-refractivity contribution in [2.24, 2.45) is 5.92 Å². The molecule has 0 N–H and O–H groups in total. The molecule has 17 heavy (non-hydrogen) atoms. The number of carbonyl (C=O) groups is 1. The van der Waals surface area contributed by atoms with Crippen molar-refractivity contribution >= 4 is 5.78 Å². The first-order valence-electron chi connectivity index (χ1n) is 6.50. The predicted octanol–water partition coefficient (Wildman–Crippen LogP) is 3.91. The zero-order valence-corrected chi connectivity index (χ0v) is 10.1. The summed E-state index contributed by atoms with van der Waals surface area (Å²) < 4.78 is 13.0. The van der Waals surface area contributed by atoms with Gasteiger partial charge in [-0.05, 0) is 23.6 Å². The van der Waals surface area contributed by atoms with Gasteiger partial charge in [0.15, 0.2) is 0 Å². The highest BCUT2D eigenvalue weighted by Gasteiger charge is 2.17. The summed E-state index contributed by atoms with van der Waals surface area (Å²) in [5, 5.41) is 0. The van der Waals surface area contributed by atoms with E-state index in [9.17, 15) is 9.18 Å². The maximum absolute atomic E-state index is 13.0. The lowest BCUT2D eigenvalue weighted by molar-refractivity contribution is -0.119. The predicted molar refractivity (Wildman–Crippen MR) is 66.3 cm³/mol. The molecular weight excluding hydrogens is 215 g/mol. The third kappa shape index (κ3) is 3.95. The van der Waals surface area contributed by atoms with Crippen molar-refractivity contribution in [2.45, 2.75) is 44.9 Å². The van der Waals surface area contributed by atoms with Crippen molar-refractivity contribution in [2.75, 3.05) is 0 Å². The molecule has 1 nitrogen and oxygen atoms in total. The molecule has 1 aliphatic carbocycles. The second kappa shape index (κ2) is 5.95. The van der Waals surface area contributed by atoms with Crippen molar-refractivity contribution in [3.63, 3.8) is 0 Å². The van der Waals surface area contributed by atoms with E-state index in [4.69, 9.17) is 0 Å². The number of halogens is 1. The molecule has 2 rings (SSSR count). The summed E-state index contributed by atoms with van der Waals surface area (Å²) in [6.07, 6.45) is 7.28. The van der Waals surface area contributed by atoms with Crippen LogP contribution in [-0.4, -0.2) is 5.78 Å². The van der Waals surface area contributed by atoms with Crippen molar-refractivity contribution in [1.29, 1.82) is 0 Å². The maximum atomic E-state index is 13.0. The van der Waals surface area contributed by atoms with Gasteiger partial charge >= 0.3 is 0 Å². The van der Waals surface area contributed by atoms with E-state index in [-0.39, 0.29) is 11.6 Å². The van der Waals surface area contributed by atoms with Crippen LogP contribution in [0.3, 0.4) is 0 Å². The first-order chi connectivity index (χ1) is 8.24. The summed E-state index contributed by atoms with van der Waals surface area (Å²) in [4.78, 5) is 11.9. The normalized spacial score (nSPS) is 17.0. The van der Waals surface area contributed by atoms with Crippen molar-refractivity contribution < 1.29 is 9.18 Å². The average molecular weight is 234 g/mol. The number of Topliss-reactive ketones (excluding diaryl/α,β-unsaturated/α-hetero) is 1. The molecule has 0 radical (unpaired) electrons. The van der Waals surface area contributed by atoms with Gasteiger partial charge in [-0.15, -0.1) is 0 Å². The van der Waals surface area contributed by atoms with Crippen LogP contribution in [-0.2, 0) is 11.2 Å². The number of benzene rings is 1. The first kappa shape index (κ1) is 12.3. The fourth-order valence-electron chi connectivity index (χ4n) is 2.66. The van der Waals surface area contributed by atoms with Crippen molar-refractivity contribution in [3.8, 4) is 0 Å². The van der Waals surface area contributed by atoms with Crippen LogP contribution < -0.4 is 0 Å². The van der Waals surface area contributed by atoms with Crippen LogP contribution in [0.25, 0.3) is 0 Å². The average Bonchev–Trinajstić information content (AvgIpc) is 2.30. The number of hydrogen-bond acceptors (Lipinski definition) is 1. The van der Waals surface area contributed by atoms with Crippen LogP contribution in [0.2, 0.25) is 0 Å². The van der Waals surface area contributed by atoms with Crippen LogP contribution in [0.15, 0.2) is 24.3 Å². The van der Waals surface area contributed by atoms with E-state index in [0.717, 1.165) is 5.56 Å². The lowest BCUT2D eigenvalue weighted by Crippen LogP contribution is -2.13.